The smallest absolute Gasteiger partial charge is 0.244 e. The van der Waals surface area contributed by atoms with Gasteiger partial charge in [-0.1, -0.05) is 0 Å². The molecule has 2 fully saturated rings. The van der Waals surface area contributed by atoms with Crippen LogP contribution >= 0.6 is 23.7 Å². The Morgan fingerprint density at radius 1 is 1.24 bits per heavy atom. The predicted molar refractivity (Wildman–Crippen MR) is 102 cm³/mol. The molecule has 0 aromatic carbocycles. The molecule has 0 aliphatic carbocycles. The van der Waals surface area contributed by atoms with Gasteiger partial charge in [0.15, 0.2) is 0 Å². The van der Waals surface area contributed by atoms with Gasteiger partial charge in [0.05, 0.1) is 10.8 Å². The molecule has 0 radical (unpaired) electrons. The molecule has 1 atom stereocenters. The van der Waals surface area contributed by atoms with Crippen molar-refractivity contribution in [2.45, 2.75) is 31.6 Å². The number of hydrogen-bond donors (Lipinski definition) is 1. The maximum atomic E-state index is 12.8. The molecule has 1 aromatic heterocycles. The van der Waals surface area contributed by atoms with Crippen molar-refractivity contribution in [3.05, 3.63) is 15.8 Å². The van der Waals surface area contributed by atoms with Gasteiger partial charge >= 0.3 is 0 Å². The lowest BCUT2D eigenvalue weighted by Crippen LogP contribution is -2.53. The summed E-state index contributed by atoms with van der Waals surface area (Å²) in [7, 11) is -3.45. The summed E-state index contributed by atoms with van der Waals surface area (Å²) in [6, 6.07) is 1.75. The van der Waals surface area contributed by atoms with Gasteiger partial charge in [-0.2, -0.15) is 4.31 Å². The van der Waals surface area contributed by atoms with E-state index in [1.165, 1.54) is 15.6 Å². The Hall–Kier alpha value is -0.670. The maximum absolute atomic E-state index is 12.8. The zero-order valence-electron chi connectivity index (χ0n) is 14.7. The monoisotopic (exact) mass is 407 g/mol. The topological polar surface area (TPSA) is 69.7 Å². The van der Waals surface area contributed by atoms with E-state index in [0.717, 1.165) is 35.7 Å². The Labute approximate surface area is 160 Å². The highest BCUT2D eigenvalue weighted by Gasteiger charge is 2.33. The van der Waals surface area contributed by atoms with Gasteiger partial charge in [0.2, 0.25) is 15.9 Å². The van der Waals surface area contributed by atoms with E-state index in [-0.39, 0.29) is 24.2 Å². The molecule has 0 bridgehead atoms. The average Bonchev–Trinajstić information content (AvgIpc) is 2.94. The molecule has 0 spiro atoms. The first kappa shape index (κ1) is 20.6. The zero-order valence-corrected chi connectivity index (χ0v) is 17.1. The molecule has 2 saturated heterocycles. The second kappa shape index (κ2) is 8.35. The Morgan fingerprint density at radius 2 is 1.92 bits per heavy atom. The number of nitrogens with one attached hydrogen (secondary N) is 1. The van der Waals surface area contributed by atoms with Crippen molar-refractivity contribution in [3.8, 4) is 0 Å². The molecule has 0 saturated carbocycles. The Balaban J connectivity index is 0.00000225. The van der Waals surface area contributed by atoms with Crippen LogP contribution in [0.3, 0.4) is 0 Å². The molecule has 1 amide bonds. The molecule has 25 heavy (non-hydrogen) atoms. The summed E-state index contributed by atoms with van der Waals surface area (Å²) in [5.74, 6) is 0.213. The van der Waals surface area contributed by atoms with Crippen molar-refractivity contribution in [1.29, 1.82) is 0 Å². The third-order valence-electron chi connectivity index (χ3n) is 4.81. The average molecular weight is 408 g/mol. The van der Waals surface area contributed by atoms with E-state index in [4.69, 9.17) is 0 Å². The van der Waals surface area contributed by atoms with Crippen LogP contribution in [-0.2, 0) is 14.8 Å². The minimum atomic E-state index is -3.45. The number of aryl methyl sites for hydroxylation is 2. The third kappa shape index (κ3) is 4.36. The predicted octanol–water partition coefficient (Wildman–Crippen LogP) is 1.62. The van der Waals surface area contributed by atoms with Crippen LogP contribution < -0.4 is 5.32 Å². The Bertz CT molecular complexity index is 706. The molecular formula is C16H26ClN3O3S2. The highest BCUT2D eigenvalue weighted by atomic mass is 35.5. The lowest BCUT2D eigenvalue weighted by atomic mass is 9.98. The number of rotatable bonds is 3. The number of nitrogens with zero attached hydrogens (tertiary/aromatic N) is 2. The standard InChI is InChI=1S/C16H25N3O3S2.ClH/c1-12-10-15(13(2)23-12)24(21,22)19-8-6-18(7-9-19)16(20)14-4-3-5-17-11-14;/h10,14,17H,3-9,11H2,1-2H3;1H. The van der Waals surface area contributed by atoms with Gasteiger partial charge in [-0.05, 0) is 39.3 Å². The number of hydrogen-bond acceptors (Lipinski definition) is 5. The van der Waals surface area contributed by atoms with Crippen molar-refractivity contribution in [2.24, 2.45) is 5.92 Å². The fourth-order valence-corrected chi connectivity index (χ4v) is 6.42. The number of piperidine rings is 1. The van der Waals surface area contributed by atoms with Gasteiger partial charge in [0.25, 0.3) is 0 Å². The summed E-state index contributed by atoms with van der Waals surface area (Å²) < 4.78 is 27.2. The van der Waals surface area contributed by atoms with Gasteiger partial charge in [-0.25, -0.2) is 8.42 Å². The summed E-state index contributed by atoms with van der Waals surface area (Å²) in [6.07, 6.45) is 1.96. The van der Waals surface area contributed by atoms with E-state index < -0.39 is 10.0 Å². The summed E-state index contributed by atoms with van der Waals surface area (Å²) in [6.45, 7) is 7.21. The van der Waals surface area contributed by atoms with Crippen molar-refractivity contribution < 1.29 is 13.2 Å². The lowest BCUT2D eigenvalue weighted by molar-refractivity contribution is -0.137. The van der Waals surface area contributed by atoms with Crippen molar-refractivity contribution >= 4 is 39.7 Å². The van der Waals surface area contributed by atoms with E-state index in [1.807, 2.05) is 18.7 Å². The quantitative estimate of drug-likeness (QED) is 0.826. The first-order valence-electron chi connectivity index (χ1n) is 8.46. The van der Waals surface area contributed by atoms with E-state index in [0.29, 0.717) is 31.1 Å². The minimum Gasteiger partial charge on any atom is -0.340 e. The van der Waals surface area contributed by atoms with E-state index in [1.54, 1.807) is 6.07 Å². The minimum absolute atomic E-state index is 0. The second-order valence-electron chi connectivity index (χ2n) is 6.55. The van der Waals surface area contributed by atoms with Crippen LogP contribution in [0.15, 0.2) is 11.0 Å². The summed E-state index contributed by atoms with van der Waals surface area (Å²) >= 11 is 1.51. The number of amides is 1. The van der Waals surface area contributed by atoms with Crippen molar-refractivity contribution in [1.82, 2.24) is 14.5 Å². The van der Waals surface area contributed by atoms with Gasteiger partial charge in [-0.15, -0.1) is 23.7 Å². The van der Waals surface area contributed by atoms with Gasteiger partial charge in [-0.3, -0.25) is 4.79 Å². The molecule has 1 N–H and O–H groups in total. The highest BCUT2D eigenvalue weighted by molar-refractivity contribution is 7.89. The molecular weight excluding hydrogens is 382 g/mol. The first-order valence-corrected chi connectivity index (χ1v) is 10.7. The van der Waals surface area contributed by atoms with E-state index >= 15 is 0 Å². The zero-order chi connectivity index (χ0) is 17.3. The van der Waals surface area contributed by atoms with Crippen molar-refractivity contribution in [3.63, 3.8) is 0 Å². The largest absolute Gasteiger partial charge is 0.340 e. The van der Waals surface area contributed by atoms with Gasteiger partial charge in [0, 0.05) is 42.5 Å². The fraction of sp³-hybridized carbons (Fsp3) is 0.688. The number of halogens is 1. The summed E-state index contributed by atoms with van der Waals surface area (Å²) in [4.78, 5) is 16.6. The highest BCUT2D eigenvalue weighted by Crippen LogP contribution is 2.28. The number of carbonyl (C=O) groups excluding carboxylic acids is 1. The molecule has 3 rings (SSSR count). The normalized spacial score (nSPS) is 22.5. The molecule has 1 unspecified atom stereocenters. The summed E-state index contributed by atoms with van der Waals surface area (Å²) in [5, 5.41) is 3.27. The number of thiophene rings is 1. The molecule has 6 nitrogen and oxygen atoms in total. The van der Waals surface area contributed by atoms with Gasteiger partial charge < -0.3 is 10.2 Å². The fourth-order valence-electron chi connectivity index (χ4n) is 3.47. The summed E-state index contributed by atoms with van der Waals surface area (Å²) in [5.41, 5.74) is 0. The van der Waals surface area contributed by atoms with Crippen molar-refractivity contribution in [2.75, 3.05) is 39.3 Å². The molecule has 3 heterocycles. The van der Waals surface area contributed by atoms with Gasteiger partial charge in [0.1, 0.15) is 0 Å². The van der Waals surface area contributed by atoms with Crippen LogP contribution in [0.25, 0.3) is 0 Å². The van der Waals surface area contributed by atoms with Crippen LogP contribution in [-0.4, -0.2) is 62.8 Å². The van der Waals surface area contributed by atoms with E-state index in [2.05, 4.69) is 5.32 Å². The SMILES string of the molecule is Cc1cc(S(=O)(=O)N2CCN(C(=O)C3CCCNC3)CC2)c(C)s1.Cl. The van der Waals surface area contributed by atoms with Crippen LogP contribution in [0, 0.1) is 19.8 Å². The van der Waals surface area contributed by atoms with Crippen LogP contribution in [0.1, 0.15) is 22.6 Å². The van der Waals surface area contributed by atoms with Crippen LogP contribution in [0.4, 0.5) is 0 Å². The Morgan fingerprint density at radius 3 is 2.44 bits per heavy atom. The molecule has 9 heteroatoms. The second-order valence-corrected chi connectivity index (χ2v) is 9.92. The number of piperazine rings is 1. The molecule has 2 aliphatic heterocycles. The third-order valence-corrected chi connectivity index (χ3v) is 7.93. The molecule has 1 aromatic rings. The Kier molecular flexibility index (Phi) is 6.89. The number of carbonyl (C=O) groups is 1. The first-order chi connectivity index (χ1) is 11.4. The van der Waals surface area contributed by atoms with Crippen LogP contribution in [0.2, 0.25) is 0 Å². The maximum Gasteiger partial charge on any atom is 0.244 e. The molecule has 142 valence electrons. The molecule has 2 aliphatic rings. The lowest BCUT2D eigenvalue weighted by Gasteiger charge is -2.36. The van der Waals surface area contributed by atoms with Crippen LogP contribution in [0.5, 0.6) is 0 Å². The van der Waals surface area contributed by atoms with E-state index in [9.17, 15) is 13.2 Å². The number of sulfonamides is 1.